The maximum absolute atomic E-state index is 13.6. The second-order valence-corrected chi connectivity index (χ2v) is 8.90. The molecule has 8 heteroatoms. The molecule has 1 saturated heterocycles. The number of aromatic hydroxyl groups is 1. The Labute approximate surface area is 184 Å². The Morgan fingerprint density at radius 1 is 1.03 bits per heavy atom. The van der Waals surface area contributed by atoms with E-state index in [0.29, 0.717) is 10.8 Å². The number of hydrogen-bond acceptors (Lipinski definition) is 6. The normalized spacial score (nSPS) is 16.7. The van der Waals surface area contributed by atoms with Crippen LogP contribution in [0.15, 0.2) is 54.6 Å². The van der Waals surface area contributed by atoms with E-state index in [2.05, 4.69) is 44.1 Å². The topological polar surface area (TPSA) is 56.9 Å². The number of aromatic nitrogens is 3. The van der Waals surface area contributed by atoms with E-state index in [0.717, 1.165) is 43.2 Å². The number of nitrogens with zero attached hydrogens (tertiary/aromatic N) is 5. The number of hydrogen-bond donors (Lipinski definition) is 1. The molecule has 6 nitrogen and oxygen atoms in total. The fourth-order valence-electron chi connectivity index (χ4n) is 4.22. The van der Waals surface area contributed by atoms with Crippen molar-refractivity contribution in [2.45, 2.75) is 19.5 Å². The monoisotopic (exact) mass is 437 g/mol. The van der Waals surface area contributed by atoms with E-state index in [-0.39, 0.29) is 17.7 Å². The minimum absolute atomic E-state index is 0.113. The minimum atomic E-state index is -0.266. The van der Waals surface area contributed by atoms with Crippen LogP contribution in [-0.2, 0) is 6.54 Å². The van der Waals surface area contributed by atoms with Crippen LogP contribution in [0.2, 0.25) is 0 Å². The Kier molecular flexibility index (Phi) is 5.43. The van der Waals surface area contributed by atoms with Crippen molar-refractivity contribution in [3.63, 3.8) is 0 Å². The Balaban J connectivity index is 1.42. The summed E-state index contributed by atoms with van der Waals surface area (Å²) < 4.78 is 15.1. The van der Waals surface area contributed by atoms with Gasteiger partial charge >= 0.3 is 0 Å². The zero-order chi connectivity index (χ0) is 21.4. The summed E-state index contributed by atoms with van der Waals surface area (Å²) in [5, 5.41) is 15.2. The van der Waals surface area contributed by atoms with E-state index >= 15 is 0 Å². The number of thiazole rings is 1. The summed E-state index contributed by atoms with van der Waals surface area (Å²) in [5.41, 5.74) is 2.26. The summed E-state index contributed by atoms with van der Waals surface area (Å²) in [6.45, 7) is 6.28. The molecule has 3 heterocycles. The number of rotatable bonds is 5. The maximum atomic E-state index is 13.6. The van der Waals surface area contributed by atoms with Gasteiger partial charge in [0.1, 0.15) is 11.6 Å². The molecule has 160 valence electrons. The molecule has 31 heavy (non-hydrogen) atoms. The van der Waals surface area contributed by atoms with Gasteiger partial charge in [0, 0.05) is 32.7 Å². The first-order valence-electron chi connectivity index (χ1n) is 10.4. The highest BCUT2D eigenvalue weighted by Crippen LogP contribution is 2.40. The van der Waals surface area contributed by atoms with Gasteiger partial charge in [0.05, 0.1) is 10.9 Å². The second kappa shape index (κ2) is 8.37. The summed E-state index contributed by atoms with van der Waals surface area (Å²) >= 11 is 1.44. The lowest BCUT2D eigenvalue weighted by Crippen LogP contribution is -2.47. The first-order valence-corrected chi connectivity index (χ1v) is 11.2. The highest BCUT2D eigenvalue weighted by Gasteiger charge is 2.31. The molecule has 0 spiro atoms. The van der Waals surface area contributed by atoms with Gasteiger partial charge in [-0.15, -0.1) is 5.10 Å². The SMILES string of the molecule is Cc1nc2sc(C(c3ccc(F)cc3)N3CCN(Cc4ccccc4)CC3)c(O)n2n1. The van der Waals surface area contributed by atoms with Crippen molar-refractivity contribution < 1.29 is 9.50 Å². The van der Waals surface area contributed by atoms with Gasteiger partial charge in [0.15, 0.2) is 0 Å². The lowest BCUT2D eigenvalue weighted by atomic mass is 10.0. The predicted molar refractivity (Wildman–Crippen MR) is 119 cm³/mol. The van der Waals surface area contributed by atoms with E-state index in [1.54, 1.807) is 12.1 Å². The number of benzene rings is 2. The lowest BCUT2D eigenvalue weighted by Gasteiger charge is -2.39. The van der Waals surface area contributed by atoms with Crippen LogP contribution in [0.1, 0.15) is 27.9 Å². The van der Waals surface area contributed by atoms with Crippen LogP contribution < -0.4 is 0 Å². The van der Waals surface area contributed by atoms with Gasteiger partial charge in [-0.05, 0) is 30.2 Å². The maximum Gasteiger partial charge on any atom is 0.230 e. The average molecular weight is 438 g/mol. The number of piperazine rings is 1. The van der Waals surface area contributed by atoms with Gasteiger partial charge in [0.25, 0.3) is 0 Å². The van der Waals surface area contributed by atoms with Gasteiger partial charge in [0.2, 0.25) is 10.8 Å². The average Bonchev–Trinajstić information content (AvgIpc) is 3.29. The van der Waals surface area contributed by atoms with E-state index in [1.165, 1.54) is 33.5 Å². The van der Waals surface area contributed by atoms with Gasteiger partial charge < -0.3 is 5.11 Å². The first kappa shape index (κ1) is 20.1. The third-order valence-electron chi connectivity index (χ3n) is 5.76. The molecular weight excluding hydrogens is 413 g/mol. The van der Waals surface area contributed by atoms with Crippen molar-refractivity contribution in [1.29, 1.82) is 0 Å². The second-order valence-electron chi connectivity index (χ2n) is 7.90. The lowest BCUT2D eigenvalue weighted by molar-refractivity contribution is 0.105. The number of fused-ring (bicyclic) bond motifs is 1. The molecule has 2 aromatic carbocycles. The summed E-state index contributed by atoms with van der Waals surface area (Å²) in [5.74, 6) is 0.472. The Hall–Kier alpha value is -2.81. The molecule has 0 bridgehead atoms. The number of aryl methyl sites for hydroxylation is 1. The third kappa shape index (κ3) is 4.06. The van der Waals surface area contributed by atoms with Crippen molar-refractivity contribution in [1.82, 2.24) is 24.4 Å². The van der Waals surface area contributed by atoms with Gasteiger partial charge in [-0.25, -0.2) is 9.37 Å². The van der Waals surface area contributed by atoms with Gasteiger partial charge in [-0.2, -0.15) is 4.52 Å². The van der Waals surface area contributed by atoms with Crippen LogP contribution in [0.5, 0.6) is 5.88 Å². The molecule has 0 amide bonds. The molecule has 4 aromatic rings. The van der Waals surface area contributed by atoms with Crippen molar-refractivity contribution >= 4 is 16.3 Å². The molecule has 2 aromatic heterocycles. The quantitative estimate of drug-likeness (QED) is 0.514. The highest BCUT2D eigenvalue weighted by molar-refractivity contribution is 7.17. The van der Waals surface area contributed by atoms with Gasteiger partial charge in [-0.3, -0.25) is 9.80 Å². The summed E-state index contributed by atoms with van der Waals surface area (Å²) in [6.07, 6.45) is 0. The molecule has 1 aliphatic heterocycles. The molecule has 1 fully saturated rings. The Morgan fingerprint density at radius 3 is 2.42 bits per heavy atom. The van der Waals surface area contributed by atoms with E-state index in [9.17, 15) is 9.50 Å². The van der Waals surface area contributed by atoms with Crippen LogP contribution in [0.3, 0.4) is 0 Å². The molecule has 1 aliphatic rings. The van der Waals surface area contributed by atoms with Crippen LogP contribution in [0, 0.1) is 12.7 Å². The predicted octanol–water partition coefficient (Wildman–Crippen LogP) is 3.85. The molecular formula is C23H24FN5OS. The van der Waals surface area contributed by atoms with E-state index < -0.39 is 0 Å². The summed E-state index contributed by atoms with van der Waals surface area (Å²) in [6, 6.07) is 16.9. The Bertz CT molecular complexity index is 1170. The van der Waals surface area contributed by atoms with Crippen molar-refractivity contribution in [2.24, 2.45) is 0 Å². The summed E-state index contributed by atoms with van der Waals surface area (Å²) in [4.78, 5) is 10.7. The minimum Gasteiger partial charge on any atom is -0.492 e. The van der Waals surface area contributed by atoms with Crippen LogP contribution in [0.4, 0.5) is 4.39 Å². The molecule has 1 atom stereocenters. The van der Waals surface area contributed by atoms with Crippen LogP contribution in [-0.4, -0.2) is 55.7 Å². The standard InChI is InChI=1S/C23H24FN5OS/c1-16-25-23-29(26-16)22(30)21(31-23)20(18-7-9-19(24)10-8-18)28-13-11-27(12-14-28)15-17-5-3-2-4-6-17/h2-10,20,30H,11-15H2,1H3. The third-order valence-corrected chi connectivity index (χ3v) is 6.83. The number of halogens is 1. The zero-order valence-electron chi connectivity index (χ0n) is 17.3. The summed E-state index contributed by atoms with van der Waals surface area (Å²) in [7, 11) is 0. The zero-order valence-corrected chi connectivity index (χ0v) is 18.1. The Morgan fingerprint density at radius 2 is 1.74 bits per heavy atom. The molecule has 1 N–H and O–H groups in total. The smallest absolute Gasteiger partial charge is 0.230 e. The van der Waals surface area contributed by atoms with Crippen LogP contribution in [0.25, 0.3) is 4.96 Å². The van der Waals surface area contributed by atoms with Crippen molar-refractivity contribution in [3.8, 4) is 5.88 Å². The van der Waals surface area contributed by atoms with Crippen molar-refractivity contribution in [3.05, 3.63) is 82.2 Å². The fraction of sp³-hybridized carbons (Fsp3) is 0.304. The van der Waals surface area contributed by atoms with Crippen LogP contribution >= 0.6 is 11.3 Å². The molecule has 5 rings (SSSR count). The molecule has 1 unspecified atom stereocenters. The first-order chi connectivity index (χ1) is 15.1. The van der Waals surface area contributed by atoms with E-state index in [1.807, 2.05) is 13.0 Å². The van der Waals surface area contributed by atoms with Gasteiger partial charge in [-0.1, -0.05) is 53.8 Å². The molecule has 0 saturated carbocycles. The highest BCUT2D eigenvalue weighted by atomic mass is 32.1. The fourth-order valence-corrected chi connectivity index (χ4v) is 5.38. The largest absolute Gasteiger partial charge is 0.492 e. The molecule has 0 radical (unpaired) electrons. The molecule has 0 aliphatic carbocycles. The van der Waals surface area contributed by atoms with E-state index in [4.69, 9.17) is 0 Å². The van der Waals surface area contributed by atoms with Crippen molar-refractivity contribution in [2.75, 3.05) is 26.2 Å².